The van der Waals surface area contributed by atoms with E-state index in [1.54, 1.807) is 0 Å². The van der Waals surface area contributed by atoms with Crippen LogP contribution in [-0.2, 0) is 6.54 Å². The van der Waals surface area contributed by atoms with Crippen LogP contribution in [0.5, 0.6) is 0 Å². The fourth-order valence-corrected chi connectivity index (χ4v) is 2.06. The maximum atomic E-state index is 5.49. The Bertz CT molecular complexity index is 253. The Morgan fingerprint density at radius 1 is 1.33 bits per heavy atom. The van der Waals surface area contributed by atoms with Crippen molar-refractivity contribution in [3.63, 3.8) is 0 Å². The molecule has 1 aliphatic rings. The number of furan rings is 1. The Balaban J connectivity index is 1.94. The first kappa shape index (κ1) is 8.56. The largest absolute Gasteiger partial charge is 0.454 e. The van der Waals surface area contributed by atoms with Gasteiger partial charge in [0.1, 0.15) is 5.76 Å². The van der Waals surface area contributed by atoms with Crippen molar-refractivity contribution in [2.75, 3.05) is 13.1 Å². The van der Waals surface area contributed by atoms with Crippen LogP contribution in [0.3, 0.4) is 0 Å². The number of rotatable bonds is 2. The van der Waals surface area contributed by atoms with Gasteiger partial charge in [-0.1, -0.05) is 0 Å². The van der Waals surface area contributed by atoms with Gasteiger partial charge in [0.25, 0.3) is 0 Å². The summed E-state index contributed by atoms with van der Waals surface area (Å²) in [6, 6.07) is 4.09. The molecule has 66 valence electrons. The lowest BCUT2D eigenvalue weighted by Crippen LogP contribution is -2.17. The molecule has 1 aromatic heterocycles. The van der Waals surface area contributed by atoms with Gasteiger partial charge in [0.2, 0.25) is 0 Å². The summed E-state index contributed by atoms with van der Waals surface area (Å²) in [6.07, 6.45) is 2.69. The SMILES string of the molecule is Ic1ccc(CN2CCCC2)o1. The molecule has 0 saturated carbocycles. The molecule has 0 N–H and O–H groups in total. The average Bonchev–Trinajstić information content (AvgIpc) is 2.63. The third-order valence-corrected chi connectivity index (χ3v) is 2.79. The van der Waals surface area contributed by atoms with Gasteiger partial charge in [0.05, 0.1) is 6.54 Å². The molecule has 0 aliphatic carbocycles. The van der Waals surface area contributed by atoms with E-state index in [1.165, 1.54) is 25.9 Å². The minimum absolute atomic E-state index is 0.988. The Labute approximate surface area is 86.1 Å². The van der Waals surface area contributed by atoms with Gasteiger partial charge in [0.15, 0.2) is 3.77 Å². The molecule has 0 spiro atoms. The van der Waals surface area contributed by atoms with Crippen molar-refractivity contribution < 1.29 is 4.42 Å². The van der Waals surface area contributed by atoms with E-state index in [1.807, 2.05) is 6.07 Å². The molecule has 2 nitrogen and oxygen atoms in total. The third kappa shape index (κ3) is 2.01. The summed E-state index contributed by atoms with van der Waals surface area (Å²) in [5.41, 5.74) is 0. The van der Waals surface area contributed by atoms with Crippen molar-refractivity contribution in [1.29, 1.82) is 0 Å². The van der Waals surface area contributed by atoms with Crippen molar-refractivity contribution in [3.05, 3.63) is 21.7 Å². The van der Waals surface area contributed by atoms with Crippen LogP contribution < -0.4 is 0 Å². The predicted octanol–water partition coefficient (Wildman–Crippen LogP) is 2.48. The summed E-state index contributed by atoms with van der Waals surface area (Å²) in [4.78, 5) is 2.44. The van der Waals surface area contributed by atoms with E-state index in [0.717, 1.165) is 16.1 Å². The molecule has 0 aromatic carbocycles. The molecular weight excluding hydrogens is 265 g/mol. The standard InChI is InChI=1S/C9H12INO/c10-9-4-3-8(12-9)7-11-5-1-2-6-11/h3-4H,1-2,5-7H2. The minimum atomic E-state index is 0.988. The Hall–Kier alpha value is -0.0300. The van der Waals surface area contributed by atoms with Crippen LogP contribution in [0.15, 0.2) is 16.5 Å². The molecule has 0 radical (unpaired) electrons. The highest BCUT2D eigenvalue weighted by Gasteiger charge is 2.12. The van der Waals surface area contributed by atoms with Crippen molar-refractivity contribution in [2.24, 2.45) is 0 Å². The molecule has 0 amide bonds. The molecule has 0 unspecified atom stereocenters. The molecule has 1 aromatic rings. The monoisotopic (exact) mass is 277 g/mol. The van der Waals surface area contributed by atoms with E-state index >= 15 is 0 Å². The summed E-state index contributed by atoms with van der Waals surface area (Å²) < 4.78 is 6.48. The summed E-state index contributed by atoms with van der Waals surface area (Å²) in [7, 11) is 0. The molecule has 1 aliphatic heterocycles. The smallest absolute Gasteiger partial charge is 0.164 e. The lowest BCUT2D eigenvalue weighted by molar-refractivity contribution is 0.294. The van der Waals surface area contributed by atoms with Gasteiger partial charge < -0.3 is 4.42 Å². The summed E-state index contributed by atoms with van der Waals surface area (Å²) >= 11 is 2.20. The van der Waals surface area contributed by atoms with Crippen molar-refractivity contribution in [3.8, 4) is 0 Å². The molecule has 2 rings (SSSR count). The lowest BCUT2D eigenvalue weighted by Gasteiger charge is -2.11. The van der Waals surface area contributed by atoms with Gasteiger partial charge in [-0.25, -0.2) is 0 Å². The van der Waals surface area contributed by atoms with E-state index < -0.39 is 0 Å². The van der Waals surface area contributed by atoms with Crippen molar-refractivity contribution >= 4 is 22.6 Å². The van der Waals surface area contributed by atoms with Gasteiger partial charge in [-0.2, -0.15) is 0 Å². The molecule has 1 saturated heterocycles. The van der Waals surface area contributed by atoms with Crippen LogP contribution in [-0.4, -0.2) is 18.0 Å². The summed E-state index contributed by atoms with van der Waals surface area (Å²) in [5.74, 6) is 1.10. The average molecular weight is 277 g/mol. The van der Waals surface area contributed by atoms with Gasteiger partial charge in [-0.15, -0.1) is 0 Å². The Kier molecular flexibility index (Phi) is 2.70. The third-order valence-electron chi connectivity index (χ3n) is 2.21. The normalized spacial score (nSPS) is 18.8. The quantitative estimate of drug-likeness (QED) is 0.772. The predicted molar refractivity (Wildman–Crippen MR) is 55.9 cm³/mol. The van der Waals surface area contributed by atoms with Gasteiger partial charge in [0, 0.05) is 0 Å². The van der Waals surface area contributed by atoms with Gasteiger partial charge >= 0.3 is 0 Å². The zero-order chi connectivity index (χ0) is 8.39. The minimum Gasteiger partial charge on any atom is -0.454 e. The van der Waals surface area contributed by atoms with E-state index in [9.17, 15) is 0 Å². The van der Waals surface area contributed by atoms with E-state index in [4.69, 9.17) is 4.42 Å². The molecule has 2 heterocycles. The fourth-order valence-electron chi connectivity index (χ4n) is 1.60. The second-order valence-electron chi connectivity index (χ2n) is 3.19. The maximum Gasteiger partial charge on any atom is 0.164 e. The van der Waals surface area contributed by atoms with E-state index in [-0.39, 0.29) is 0 Å². The lowest BCUT2D eigenvalue weighted by atomic mass is 10.4. The number of likely N-dealkylation sites (tertiary alicyclic amines) is 1. The summed E-state index contributed by atoms with van der Waals surface area (Å²) in [5, 5.41) is 0. The highest BCUT2D eigenvalue weighted by molar-refractivity contribution is 14.1. The first-order valence-corrected chi connectivity index (χ1v) is 5.39. The zero-order valence-electron chi connectivity index (χ0n) is 6.92. The van der Waals surface area contributed by atoms with Crippen LogP contribution in [0.25, 0.3) is 0 Å². The van der Waals surface area contributed by atoms with Crippen molar-refractivity contribution in [1.82, 2.24) is 4.90 Å². The van der Waals surface area contributed by atoms with Gasteiger partial charge in [-0.3, -0.25) is 4.90 Å². The van der Waals surface area contributed by atoms with E-state index in [0.29, 0.717) is 0 Å². The first-order chi connectivity index (χ1) is 5.84. The van der Waals surface area contributed by atoms with Crippen molar-refractivity contribution in [2.45, 2.75) is 19.4 Å². The fraction of sp³-hybridized carbons (Fsp3) is 0.556. The highest BCUT2D eigenvalue weighted by Crippen LogP contribution is 2.15. The number of hydrogen-bond donors (Lipinski definition) is 0. The molecule has 3 heteroatoms. The number of halogens is 1. The van der Waals surface area contributed by atoms with Crippen LogP contribution >= 0.6 is 22.6 Å². The summed E-state index contributed by atoms with van der Waals surface area (Å²) in [6.45, 7) is 3.46. The molecule has 12 heavy (non-hydrogen) atoms. The van der Waals surface area contributed by atoms with Crippen LogP contribution in [0, 0.1) is 3.77 Å². The number of nitrogens with zero attached hydrogens (tertiary/aromatic N) is 1. The van der Waals surface area contributed by atoms with E-state index in [2.05, 4.69) is 33.6 Å². The number of hydrogen-bond acceptors (Lipinski definition) is 2. The second kappa shape index (κ2) is 3.79. The molecular formula is C9H12INO. The highest BCUT2D eigenvalue weighted by atomic mass is 127. The van der Waals surface area contributed by atoms with Crippen LogP contribution in [0.4, 0.5) is 0 Å². The topological polar surface area (TPSA) is 16.4 Å². The molecule has 1 fully saturated rings. The maximum absolute atomic E-state index is 5.49. The zero-order valence-corrected chi connectivity index (χ0v) is 9.08. The second-order valence-corrected chi connectivity index (χ2v) is 4.25. The van der Waals surface area contributed by atoms with Gasteiger partial charge in [-0.05, 0) is 60.7 Å². The Morgan fingerprint density at radius 3 is 2.67 bits per heavy atom. The molecule has 0 bridgehead atoms. The molecule has 0 atom stereocenters. The first-order valence-electron chi connectivity index (χ1n) is 4.31. The van der Waals surface area contributed by atoms with Crippen LogP contribution in [0.2, 0.25) is 0 Å². The Morgan fingerprint density at radius 2 is 2.08 bits per heavy atom. The van der Waals surface area contributed by atoms with Crippen LogP contribution in [0.1, 0.15) is 18.6 Å².